The van der Waals surface area contributed by atoms with E-state index < -0.39 is 15.2 Å². The third kappa shape index (κ3) is 4.34. The van der Waals surface area contributed by atoms with Gasteiger partial charge in [-0.25, -0.2) is 0 Å². The van der Waals surface area contributed by atoms with Crippen LogP contribution in [-0.4, -0.2) is 28.4 Å². The highest BCUT2D eigenvalue weighted by molar-refractivity contribution is 7.53. The van der Waals surface area contributed by atoms with E-state index in [4.69, 9.17) is 18.1 Å². The molecule has 0 bridgehead atoms. The normalized spacial score (nSPS) is 12.7. The van der Waals surface area contributed by atoms with Crippen molar-refractivity contribution in [2.45, 2.75) is 12.3 Å². The van der Waals surface area contributed by atoms with Crippen LogP contribution in [0.2, 0.25) is 0 Å². The summed E-state index contributed by atoms with van der Waals surface area (Å²) in [4.78, 5) is 0. The van der Waals surface area contributed by atoms with Crippen LogP contribution < -0.4 is 0 Å². The van der Waals surface area contributed by atoms with Crippen LogP contribution in [0, 0.1) is 0 Å². The number of rotatable bonds is 8. The lowest BCUT2D eigenvalue weighted by molar-refractivity contribution is 0.272. The van der Waals surface area contributed by atoms with E-state index in [9.17, 15) is 9.13 Å². The van der Waals surface area contributed by atoms with Gasteiger partial charge >= 0.3 is 15.2 Å². The first-order valence-corrected chi connectivity index (χ1v) is 10.8. The largest absolute Gasteiger partial charge is 0.334 e. The molecule has 0 unspecified atom stereocenters. The van der Waals surface area contributed by atoms with E-state index in [1.165, 1.54) is 28.4 Å². The van der Waals surface area contributed by atoms with Crippen LogP contribution in [0.25, 0.3) is 10.8 Å². The zero-order valence-electron chi connectivity index (χ0n) is 14.2. The van der Waals surface area contributed by atoms with Gasteiger partial charge in [-0.15, -0.1) is 0 Å². The van der Waals surface area contributed by atoms with Crippen LogP contribution in [0.5, 0.6) is 0 Å². The summed E-state index contributed by atoms with van der Waals surface area (Å²) in [6.45, 7) is 0. The lowest BCUT2D eigenvalue weighted by atomic mass is 10.0. The Morgan fingerprint density at radius 3 is 1.33 bits per heavy atom. The van der Waals surface area contributed by atoms with Gasteiger partial charge in [0.05, 0.1) is 12.3 Å². The van der Waals surface area contributed by atoms with Crippen LogP contribution in [0.1, 0.15) is 11.1 Å². The minimum Gasteiger partial charge on any atom is -0.312 e. The van der Waals surface area contributed by atoms with Crippen LogP contribution in [-0.2, 0) is 39.5 Å². The van der Waals surface area contributed by atoms with Crippen LogP contribution in [0.15, 0.2) is 36.4 Å². The fraction of sp³-hybridized carbons (Fsp3) is 0.375. The zero-order valence-corrected chi connectivity index (χ0v) is 16.0. The fourth-order valence-electron chi connectivity index (χ4n) is 2.45. The van der Waals surface area contributed by atoms with Gasteiger partial charge in [0.25, 0.3) is 0 Å². The minimum absolute atomic E-state index is 0.0770. The summed E-state index contributed by atoms with van der Waals surface area (Å²) in [5.41, 5.74) is 1.46. The lowest BCUT2D eigenvalue weighted by Gasteiger charge is -2.19. The Morgan fingerprint density at radius 1 is 0.708 bits per heavy atom. The minimum atomic E-state index is -3.26. The highest BCUT2D eigenvalue weighted by Crippen LogP contribution is 2.54. The molecule has 0 amide bonds. The first kappa shape index (κ1) is 19.3. The number of hydrogen-bond acceptors (Lipinski definition) is 6. The Labute approximate surface area is 142 Å². The molecule has 0 aliphatic carbocycles. The van der Waals surface area contributed by atoms with E-state index in [2.05, 4.69) is 0 Å². The molecule has 132 valence electrons. The average molecular weight is 372 g/mol. The maximum absolute atomic E-state index is 12.5. The molecule has 2 aromatic rings. The van der Waals surface area contributed by atoms with Gasteiger partial charge in [-0.2, -0.15) is 0 Å². The van der Waals surface area contributed by atoms with Crippen molar-refractivity contribution in [1.82, 2.24) is 0 Å². The molecule has 0 N–H and O–H groups in total. The van der Waals surface area contributed by atoms with Crippen molar-refractivity contribution in [2.24, 2.45) is 0 Å². The van der Waals surface area contributed by atoms with Crippen LogP contribution in [0.3, 0.4) is 0 Å². The molecule has 0 radical (unpaired) electrons. The number of benzene rings is 2. The second-order valence-electron chi connectivity index (χ2n) is 5.24. The molecule has 24 heavy (non-hydrogen) atoms. The highest BCUT2D eigenvalue weighted by atomic mass is 31.2. The standard InChI is InChI=1S/C16H22O6P2/c1-19-23(17,20-2)11-15-9-13-7-5-6-8-14(13)10-16(15)12-24(18,21-3)22-4/h5-10H,11-12H2,1-4H3. The molecule has 0 fully saturated rings. The maximum Gasteiger partial charge on any atom is 0.334 e. The van der Waals surface area contributed by atoms with E-state index in [1.54, 1.807) is 0 Å². The van der Waals surface area contributed by atoms with Crippen molar-refractivity contribution < 1.29 is 27.2 Å². The third-order valence-corrected chi connectivity index (χ3v) is 7.59. The van der Waals surface area contributed by atoms with Crippen molar-refractivity contribution in [3.05, 3.63) is 47.5 Å². The van der Waals surface area contributed by atoms with Crippen molar-refractivity contribution in [1.29, 1.82) is 0 Å². The molecule has 0 aromatic heterocycles. The van der Waals surface area contributed by atoms with Crippen molar-refractivity contribution in [3.63, 3.8) is 0 Å². The third-order valence-electron chi connectivity index (χ3n) is 3.91. The van der Waals surface area contributed by atoms with E-state index in [0.717, 1.165) is 21.9 Å². The van der Waals surface area contributed by atoms with Crippen molar-refractivity contribution in [3.8, 4) is 0 Å². The van der Waals surface area contributed by atoms with E-state index in [1.807, 2.05) is 36.4 Å². The molecule has 0 aliphatic heterocycles. The molecule has 2 aromatic carbocycles. The number of fused-ring (bicyclic) bond motifs is 1. The summed E-state index contributed by atoms with van der Waals surface area (Å²) in [5, 5.41) is 1.97. The van der Waals surface area contributed by atoms with Gasteiger partial charge in [0, 0.05) is 28.4 Å². The quantitative estimate of drug-likeness (QED) is 0.619. The van der Waals surface area contributed by atoms with Crippen LogP contribution >= 0.6 is 15.2 Å². The number of hydrogen-bond donors (Lipinski definition) is 0. The Balaban J connectivity index is 2.55. The van der Waals surface area contributed by atoms with E-state index in [-0.39, 0.29) is 12.3 Å². The van der Waals surface area contributed by atoms with Gasteiger partial charge in [-0.3, -0.25) is 9.13 Å². The maximum atomic E-state index is 12.5. The molecule has 0 saturated carbocycles. The second kappa shape index (κ2) is 7.92. The van der Waals surface area contributed by atoms with Gasteiger partial charge in [-0.1, -0.05) is 36.4 Å². The fourth-order valence-corrected chi connectivity index (χ4v) is 4.69. The topological polar surface area (TPSA) is 71.1 Å². The molecular formula is C16H22O6P2. The average Bonchev–Trinajstić information content (AvgIpc) is 2.61. The zero-order chi connectivity index (χ0) is 17.8. The summed E-state index contributed by atoms with van der Waals surface area (Å²) in [6, 6.07) is 11.6. The van der Waals surface area contributed by atoms with E-state index >= 15 is 0 Å². The SMILES string of the molecule is COP(=O)(Cc1cc2ccccc2cc1CP(=O)(OC)OC)OC. The van der Waals surface area contributed by atoms with E-state index in [0.29, 0.717) is 0 Å². The summed E-state index contributed by atoms with van der Waals surface area (Å²) < 4.78 is 45.2. The van der Waals surface area contributed by atoms with Crippen LogP contribution in [0.4, 0.5) is 0 Å². The predicted octanol–water partition coefficient (Wildman–Crippen LogP) is 4.81. The molecule has 0 saturated heterocycles. The Morgan fingerprint density at radius 2 is 1.04 bits per heavy atom. The van der Waals surface area contributed by atoms with Gasteiger partial charge in [0.15, 0.2) is 0 Å². The first-order chi connectivity index (χ1) is 11.4. The molecule has 0 atom stereocenters. The summed E-state index contributed by atoms with van der Waals surface area (Å²) in [6.07, 6.45) is 0.154. The van der Waals surface area contributed by atoms with Gasteiger partial charge in [0.2, 0.25) is 0 Å². The molecule has 8 heteroatoms. The summed E-state index contributed by atoms with van der Waals surface area (Å²) in [7, 11) is -1.13. The van der Waals surface area contributed by atoms with Crippen molar-refractivity contribution >= 4 is 26.0 Å². The van der Waals surface area contributed by atoms with Gasteiger partial charge in [0.1, 0.15) is 0 Å². The highest BCUT2D eigenvalue weighted by Gasteiger charge is 2.28. The molecule has 6 nitrogen and oxygen atoms in total. The molecule has 0 spiro atoms. The second-order valence-corrected chi connectivity index (χ2v) is 9.77. The molecular weight excluding hydrogens is 350 g/mol. The van der Waals surface area contributed by atoms with Gasteiger partial charge < -0.3 is 18.1 Å². The molecule has 0 aliphatic rings. The first-order valence-electron chi connectivity index (χ1n) is 7.30. The lowest BCUT2D eigenvalue weighted by Crippen LogP contribution is -2.01. The molecule has 2 rings (SSSR count). The Hall–Kier alpha value is -1.00. The van der Waals surface area contributed by atoms with Crippen molar-refractivity contribution in [2.75, 3.05) is 28.4 Å². The smallest absolute Gasteiger partial charge is 0.312 e. The van der Waals surface area contributed by atoms with Gasteiger partial charge in [-0.05, 0) is 21.9 Å². The predicted molar refractivity (Wildman–Crippen MR) is 94.6 cm³/mol. The Kier molecular flexibility index (Phi) is 6.38. The molecule has 0 heterocycles. The summed E-state index contributed by atoms with van der Waals surface area (Å²) >= 11 is 0. The Bertz CT molecular complexity index is 722. The summed E-state index contributed by atoms with van der Waals surface area (Å²) in [5.74, 6) is 0. The monoisotopic (exact) mass is 372 g/mol.